The number of thioether (sulfide) groups is 1. The first kappa shape index (κ1) is 20.6. The number of benzene rings is 3. The number of anilines is 1. The molecule has 0 aliphatic carbocycles. The number of carbonyl (C=O) groups excluding carboxylic acids is 1. The van der Waals surface area contributed by atoms with E-state index < -0.39 is 0 Å². The van der Waals surface area contributed by atoms with E-state index in [1.54, 1.807) is 4.68 Å². The zero-order valence-electron chi connectivity index (χ0n) is 16.9. The average Bonchev–Trinajstić information content (AvgIpc) is 3.28. The number of hydrogen-bond acceptors (Lipinski definition) is 6. The zero-order chi connectivity index (χ0) is 21.5. The van der Waals surface area contributed by atoms with Gasteiger partial charge in [0.15, 0.2) is 0 Å². The van der Waals surface area contributed by atoms with E-state index in [0.29, 0.717) is 17.5 Å². The number of aromatic nitrogens is 4. The van der Waals surface area contributed by atoms with Crippen LogP contribution in [0.1, 0.15) is 6.92 Å². The van der Waals surface area contributed by atoms with Gasteiger partial charge in [-0.25, -0.2) is 0 Å². The van der Waals surface area contributed by atoms with E-state index in [1.807, 2.05) is 85.8 Å². The van der Waals surface area contributed by atoms with Gasteiger partial charge in [0, 0.05) is 11.3 Å². The zero-order valence-corrected chi connectivity index (χ0v) is 17.7. The minimum atomic E-state index is -0.138. The summed E-state index contributed by atoms with van der Waals surface area (Å²) in [6, 6.07) is 25.2. The summed E-state index contributed by atoms with van der Waals surface area (Å²) >= 11 is 1.26. The van der Waals surface area contributed by atoms with Gasteiger partial charge in [0.2, 0.25) is 11.1 Å². The van der Waals surface area contributed by atoms with Crippen LogP contribution in [-0.4, -0.2) is 38.5 Å². The molecule has 0 bridgehead atoms. The van der Waals surface area contributed by atoms with E-state index in [2.05, 4.69) is 20.8 Å². The Kier molecular flexibility index (Phi) is 6.59. The third-order valence-corrected chi connectivity index (χ3v) is 5.37. The van der Waals surface area contributed by atoms with Crippen molar-refractivity contribution < 1.29 is 9.53 Å². The minimum absolute atomic E-state index is 0.138. The predicted octanol–water partition coefficient (Wildman–Crippen LogP) is 4.46. The van der Waals surface area contributed by atoms with Crippen LogP contribution in [0.4, 0.5) is 5.69 Å². The number of nitrogens with one attached hydrogen (secondary N) is 1. The molecule has 1 amide bonds. The number of nitrogens with zero attached hydrogens (tertiary/aromatic N) is 4. The molecule has 31 heavy (non-hydrogen) atoms. The van der Waals surface area contributed by atoms with Crippen molar-refractivity contribution in [2.24, 2.45) is 0 Å². The summed E-state index contributed by atoms with van der Waals surface area (Å²) in [7, 11) is 0. The molecule has 0 fully saturated rings. The van der Waals surface area contributed by atoms with Crippen molar-refractivity contribution in [2.45, 2.75) is 12.1 Å². The Morgan fingerprint density at radius 1 is 1.00 bits per heavy atom. The third kappa shape index (κ3) is 4.92. The molecule has 0 radical (unpaired) electrons. The molecule has 0 atom stereocenters. The maximum absolute atomic E-state index is 12.7. The van der Waals surface area contributed by atoms with Gasteiger partial charge in [0.1, 0.15) is 11.4 Å². The van der Waals surface area contributed by atoms with Crippen LogP contribution in [0, 0.1) is 0 Å². The molecule has 4 rings (SSSR count). The molecule has 0 unspecified atom stereocenters. The molecule has 4 aromatic rings. The summed E-state index contributed by atoms with van der Waals surface area (Å²) in [6.45, 7) is 2.45. The Bertz CT molecular complexity index is 1160. The van der Waals surface area contributed by atoms with Crippen LogP contribution in [0.15, 0.2) is 84.0 Å². The SMILES string of the molecule is CCOc1ccccc1-n1nnnc1SCC(=O)Nc1ccccc1-c1ccccc1. The van der Waals surface area contributed by atoms with Crippen LogP contribution in [0.5, 0.6) is 5.75 Å². The normalized spacial score (nSPS) is 10.6. The molecule has 156 valence electrons. The summed E-state index contributed by atoms with van der Waals surface area (Å²) in [5, 5.41) is 15.4. The molecule has 3 aromatic carbocycles. The van der Waals surface area contributed by atoms with Gasteiger partial charge in [-0.05, 0) is 41.1 Å². The molecule has 0 aliphatic heterocycles. The largest absolute Gasteiger partial charge is 0.492 e. The van der Waals surface area contributed by atoms with Gasteiger partial charge in [-0.15, -0.1) is 5.10 Å². The van der Waals surface area contributed by atoms with Crippen molar-refractivity contribution in [3.63, 3.8) is 0 Å². The molecule has 8 heteroatoms. The highest BCUT2D eigenvalue weighted by molar-refractivity contribution is 7.99. The van der Waals surface area contributed by atoms with Crippen LogP contribution in [-0.2, 0) is 4.79 Å². The third-order valence-electron chi connectivity index (χ3n) is 4.45. The lowest BCUT2D eigenvalue weighted by Gasteiger charge is -2.12. The number of carbonyl (C=O) groups is 1. The van der Waals surface area contributed by atoms with E-state index in [0.717, 1.165) is 22.5 Å². The molecule has 0 saturated carbocycles. The lowest BCUT2D eigenvalue weighted by atomic mass is 10.0. The van der Waals surface area contributed by atoms with Crippen LogP contribution in [0.2, 0.25) is 0 Å². The second-order valence-corrected chi connectivity index (χ2v) is 7.46. The van der Waals surface area contributed by atoms with Crippen molar-refractivity contribution in [3.8, 4) is 22.6 Å². The smallest absolute Gasteiger partial charge is 0.234 e. The second kappa shape index (κ2) is 9.90. The monoisotopic (exact) mass is 431 g/mol. The minimum Gasteiger partial charge on any atom is -0.492 e. The maximum Gasteiger partial charge on any atom is 0.234 e. The van der Waals surface area contributed by atoms with Gasteiger partial charge in [-0.1, -0.05) is 72.4 Å². The van der Waals surface area contributed by atoms with Gasteiger partial charge >= 0.3 is 0 Å². The summed E-state index contributed by atoms with van der Waals surface area (Å²) in [4.78, 5) is 12.7. The molecular formula is C23H21N5O2S. The quantitative estimate of drug-likeness (QED) is 0.415. The van der Waals surface area contributed by atoms with Crippen LogP contribution >= 0.6 is 11.8 Å². The van der Waals surface area contributed by atoms with Crippen LogP contribution < -0.4 is 10.1 Å². The molecule has 1 heterocycles. The van der Waals surface area contributed by atoms with E-state index in [1.165, 1.54) is 11.8 Å². The Labute approximate surface area is 184 Å². The summed E-state index contributed by atoms with van der Waals surface area (Å²) in [5.41, 5.74) is 3.51. The first-order valence-electron chi connectivity index (χ1n) is 9.84. The first-order chi connectivity index (χ1) is 15.3. The maximum atomic E-state index is 12.7. The fourth-order valence-electron chi connectivity index (χ4n) is 3.11. The van der Waals surface area contributed by atoms with Crippen molar-refractivity contribution in [3.05, 3.63) is 78.9 Å². The number of amides is 1. The molecule has 0 saturated heterocycles. The highest BCUT2D eigenvalue weighted by atomic mass is 32.2. The van der Waals surface area contributed by atoms with Gasteiger partial charge in [-0.3, -0.25) is 4.79 Å². The first-order valence-corrected chi connectivity index (χ1v) is 10.8. The number of tetrazole rings is 1. The van der Waals surface area contributed by atoms with Crippen molar-refractivity contribution in [1.29, 1.82) is 0 Å². The fourth-order valence-corrected chi connectivity index (χ4v) is 3.79. The van der Waals surface area contributed by atoms with E-state index in [-0.39, 0.29) is 11.7 Å². The number of para-hydroxylation sites is 3. The van der Waals surface area contributed by atoms with Gasteiger partial charge in [0.25, 0.3) is 0 Å². The lowest BCUT2D eigenvalue weighted by Crippen LogP contribution is -2.15. The fraction of sp³-hybridized carbons (Fsp3) is 0.130. The second-order valence-electron chi connectivity index (χ2n) is 6.52. The van der Waals surface area contributed by atoms with E-state index in [4.69, 9.17) is 4.74 Å². The highest BCUT2D eigenvalue weighted by Crippen LogP contribution is 2.29. The van der Waals surface area contributed by atoms with Crippen LogP contribution in [0.3, 0.4) is 0 Å². The van der Waals surface area contributed by atoms with Gasteiger partial charge < -0.3 is 10.1 Å². The standard InChI is InChI=1S/C23H21N5O2S/c1-2-30-21-15-9-8-14-20(21)28-23(25-26-27-28)31-16-22(29)24-19-13-7-6-12-18(19)17-10-4-3-5-11-17/h3-15H,2,16H2,1H3,(H,24,29). The Hall–Kier alpha value is -3.65. The molecule has 1 aromatic heterocycles. The van der Waals surface area contributed by atoms with E-state index >= 15 is 0 Å². The lowest BCUT2D eigenvalue weighted by molar-refractivity contribution is -0.113. The highest BCUT2D eigenvalue weighted by Gasteiger charge is 2.15. The van der Waals surface area contributed by atoms with Crippen molar-refractivity contribution in [2.75, 3.05) is 17.7 Å². The summed E-state index contributed by atoms with van der Waals surface area (Å²) in [5.74, 6) is 0.710. The molecular weight excluding hydrogens is 410 g/mol. The van der Waals surface area contributed by atoms with Crippen molar-refractivity contribution >= 4 is 23.4 Å². The van der Waals surface area contributed by atoms with E-state index in [9.17, 15) is 4.79 Å². The Balaban J connectivity index is 1.47. The topological polar surface area (TPSA) is 81.9 Å². The predicted molar refractivity (Wildman–Crippen MR) is 122 cm³/mol. The number of hydrogen-bond donors (Lipinski definition) is 1. The Morgan fingerprint density at radius 3 is 2.58 bits per heavy atom. The van der Waals surface area contributed by atoms with Crippen molar-refractivity contribution in [1.82, 2.24) is 20.2 Å². The molecule has 0 spiro atoms. The summed E-state index contributed by atoms with van der Waals surface area (Å²) in [6.07, 6.45) is 0. The molecule has 1 N–H and O–H groups in total. The van der Waals surface area contributed by atoms with Gasteiger partial charge in [-0.2, -0.15) is 4.68 Å². The molecule has 0 aliphatic rings. The number of ether oxygens (including phenoxy) is 1. The molecule has 7 nitrogen and oxygen atoms in total. The van der Waals surface area contributed by atoms with Crippen LogP contribution in [0.25, 0.3) is 16.8 Å². The summed E-state index contributed by atoms with van der Waals surface area (Å²) < 4.78 is 7.25. The number of rotatable bonds is 8. The Morgan fingerprint density at radius 2 is 1.74 bits per heavy atom. The average molecular weight is 432 g/mol. The van der Waals surface area contributed by atoms with Gasteiger partial charge in [0.05, 0.1) is 12.4 Å².